The van der Waals surface area contributed by atoms with Gasteiger partial charge in [0.25, 0.3) is 0 Å². The molecule has 0 saturated heterocycles. The molecule has 78 valence electrons. The number of ketones is 1. The summed E-state index contributed by atoms with van der Waals surface area (Å²) in [6.07, 6.45) is 3.05. The average molecular weight is 212 g/mol. The summed E-state index contributed by atoms with van der Waals surface area (Å²) in [4.78, 5) is 11.4. The standard InChI is InChI=1S/C11H16O2S/c1-13-7-2-3-11(12)5-4-10-6-8-14-9-10/h6,8-9H,2-5,7H2,1H3. The van der Waals surface area contributed by atoms with Crippen LogP contribution in [0.3, 0.4) is 0 Å². The normalized spacial score (nSPS) is 10.4. The van der Waals surface area contributed by atoms with Crippen LogP contribution in [0.5, 0.6) is 0 Å². The smallest absolute Gasteiger partial charge is 0.133 e. The second-order valence-corrected chi connectivity index (χ2v) is 4.05. The number of methoxy groups -OCH3 is 1. The van der Waals surface area contributed by atoms with Gasteiger partial charge in [-0.15, -0.1) is 0 Å². The topological polar surface area (TPSA) is 26.3 Å². The fourth-order valence-electron chi connectivity index (χ4n) is 1.26. The summed E-state index contributed by atoms with van der Waals surface area (Å²) >= 11 is 1.68. The van der Waals surface area contributed by atoms with Crippen molar-refractivity contribution in [1.29, 1.82) is 0 Å². The Morgan fingerprint density at radius 1 is 1.50 bits per heavy atom. The minimum atomic E-state index is 0.341. The van der Waals surface area contributed by atoms with Gasteiger partial charge in [0.15, 0.2) is 0 Å². The van der Waals surface area contributed by atoms with Crippen molar-refractivity contribution in [2.75, 3.05) is 13.7 Å². The van der Waals surface area contributed by atoms with Crippen molar-refractivity contribution in [2.45, 2.75) is 25.7 Å². The maximum atomic E-state index is 11.4. The third kappa shape index (κ3) is 4.53. The van der Waals surface area contributed by atoms with Crippen molar-refractivity contribution in [1.82, 2.24) is 0 Å². The molecular formula is C11H16O2S. The van der Waals surface area contributed by atoms with Crippen LogP contribution in [0.25, 0.3) is 0 Å². The number of carbonyl (C=O) groups is 1. The number of hydrogen-bond acceptors (Lipinski definition) is 3. The van der Waals surface area contributed by atoms with E-state index in [4.69, 9.17) is 4.74 Å². The first-order chi connectivity index (χ1) is 6.83. The van der Waals surface area contributed by atoms with Crippen LogP contribution in [-0.4, -0.2) is 19.5 Å². The van der Waals surface area contributed by atoms with E-state index in [2.05, 4.69) is 11.4 Å². The maximum Gasteiger partial charge on any atom is 0.133 e. The molecule has 14 heavy (non-hydrogen) atoms. The van der Waals surface area contributed by atoms with Gasteiger partial charge in [-0.2, -0.15) is 11.3 Å². The highest BCUT2D eigenvalue weighted by atomic mass is 32.1. The first kappa shape index (κ1) is 11.4. The SMILES string of the molecule is COCCCC(=O)CCc1ccsc1. The van der Waals surface area contributed by atoms with Gasteiger partial charge in [0.1, 0.15) is 5.78 Å². The third-order valence-electron chi connectivity index (χ3n) is 2.08. The maximum absolute atomic E-state index is 11.4. The predicted molar refractivity (Wildman–Crippen MR) is 58.8 cm³/mol. The number of aryl methyl sites for hydroxylation is 1. The number of rotatable bonds is 7. The van der Waals surface area contributed by atoms with Gasteiger partial charge < -0.3 is 4.74 Å². The van der Waals surface area contributed by atoms with E-state index >= 15 is 0 Å². The molecule has 0 aliphatic heterocycles. The molecule has 1 rings (SSSR count). The zero-order valence-electron chi connectivity index (χ0n) is 8.49. The molecule has 0 saturated carbocycles. The van der Waals surface area contributed by atoms with Crippen LogP contribution in [0.4, 0.5) is 0 Å². The van der Waals surface area contributed by atoms with E-state index in [0.717, 1.165) is 12.8 Å². The van der Waals surface area contributed by atoms with E-state index in [1.54, 1.807) is 18.4 Å². The van der Waals surface area contributed by atoms with Gasteiger partial charge in [-0.05, 0) is 35.2 Å². The summed E-state index contributed by atoms with van der Waals surface area (Å²) in [6.45, 7) is 0.685. The lowest BCUT2D eigenvalue weighted by Crippen LogP contribution is -2.01. The van der Waals surface area contributed by atoms with Gasteiger partial charge in [0.05, 0.1) is 0 Å². The Kier molecular flexibility index (Phi) is 5.49. The summed E-state index contributed by atoms with van der Waals surface area (Å²) in [5, 5.41) is 4.15. The molecule has 0 aliphatic rings. The molecule has 1 aromatic rings. The lowest BCUT2D eigenvalue weighted by molar-refractivity contribution is -0.119. The summed E-state index contributed by atoms with van der Waals surface area (Å²) in [5.41, 5.74) is 1.27. The van der Waals surface area contributed by atoms with Crippen molar-refractivity contribution >= 4 is 17.1 Å². The second-order valence-electron chi connectivity index (χ2n) is 3.27. The van der Waals surface area contributed by atoms with Gasteiger partial charge in [0.2, 0.25) is 0 Å². The Morgan fingerprint density at radius 2 is 2.36 bits per heavy atom. The first-order valence-corrected chi connectivity index (χ1v) is 5.79. The third-order valence-corrected chi connectivity index (χ3v) is 2.81. The molecule has 0 spiro atoms. The summed E-state index contributed by atoms with van der Waals surface area (Å²) in [7, 11) is 1.66. The van der Waals surface area contributed by atoms with Crippen LogP contribution >= 0.6 is 11.3 Å². The van der Waals surface area contributed by atoms with Crippen molar-refractivity contribution in [3.63, 3.8) is 0 Å². The highest BCUT2D eigenvalue weighted by Gasteiger charge is 2.02. The Bertz CT molecular complexity index is 254. The van der Waals surface area contributed by atoms with Crippen LogP contribution in [0, 0.1) is 0 Å². The Labute approximate surface area is 88.9 Å². The highest BCUT2D eigenvalue weighted by Crippen LogP contribution is 2.09. The molecule has 2 nitrogen and oxygen atoms in total. The summed E-state index contributed by atoms with van der Waals surface area (Å²) in [5.74, 6) is 0.341. The molecule has 0 fully saturated rings. The van der Waals surface area contributed by atoms with Crippen LogP contribution in [0.15, 0.2) is 16.8 Å². The van der Waals surface area contributed by atoms with Crippen molar-refractivity contribution < 1.29 is 9.53 Å². The van der Waals surface area contributed by atoms with Gasteiger partial charge in [0, 0.05) is 26.6 Å². The Hall–Kier alpha value is -0.670. The van der Waals surface area contributed by atoms with E-state index in [-0.39, 0.29) is 0 Å². The van der Waals surface area contributed by atoms with E-state index in [0.29, 0.717) is 25.2 Å². The Morgan fingerprint density at radius 3 is 3.00 bits per heavy atom. The fourth-order valence-corrected chi connectivity index (χ4v) is 1.96. The van der Waals surface area contributed by atoms with E-state index in [1.807, 2.05) is 5.38 Å². The molecule has 3 heteroatoms. The molecule has 1 aromatic heterocycles. The van der Waals surface area contributed by atoms with E-state index < -0.39 is 0 Å². The highest BCUT2D eigenvalue weighted by molar-refractivity contribution is 7.07. The number of hydrogen-bond donors (Lipinski definition) is 0. The van der Waals surface area contributed by atoms with Crippen LogP contribution in [0.1, 0.15) is 24.8 Å². The summed E-state index contributed by atoms with van der Waals surface area (Å²) in [6, 6.07) is 2.08. The van der Waals surface area contributed by atoms with E-state index in [9.17, 15) is 4.79 Å². The van der Waals surface area contributed by atoms with Crippen molar-refractivity contribution in [2.24, 2.45) is 0 Å². The zero-order chi connectivity index (χ0) is 10.2. The molecule has 0 atom stereocenters. The lowest BCUT2D eigenvalue weighted by atomic mass is 10.1. The van der Waals surface area contributed by atoms with Crippen LogP contribution in [-0.2, 0) is 16.0 Å². The first-order valence-electron chi connectivity index (χ1n) is 4.84. The predicted octanol–water partition coefficient (Wildman–Crippen LogP) is 2.68. The number of carbonyl (C=O) groups excluding carboxylic acids is 1. The van der Waals surface area contributed by atoms with Crippen LogP contribution in [0.2, 0.25) is 0 Å². The van der Waals surface area contributed by atoms with Crippen molar-refractivity contribution in [3.8, 4) is 0 Å². The molecule has 1 heterocycles. The molecular weight excluding hydrogens is 196 g/mol. The van der Waals surface area contributed by atoms with Crippen LogP contribution < -0.4 is 0 Å². The number of Topliss-reactive ketones (excluding diaryl/α,β-unsaturated/α-hetero) is 1. The molecule has 0 radical (unpaired) electrons. The molecule has 0 bridgehead atoms. The minimum Gasteiger partial charge on any atom is -0.385 e. The molecule has 0 aromatic carbocycles. The molecule has 0 N–H and O–H groups in total. The minimum absolute atomic E-state index is 0.341. The quantitative estimate of drug-likeness (QED) is 0.649. The second kappa shape index (κ2) is 6.74. The number of ether oxygens (including phenoxy) is 1. The molecule has 0 aliphatic carbocycles. The van der Waals surface area contributed by atoms with Gasteiger partial charge in [-0.25, -0.2) is 0 Å². The lowest BCUT2D eigenvalue weighted by Gasteiger charge is -1.99. The van der Waals surface area contributed by atoms with Gasteiger partial charge in [-0.1, -0.05) is 0 Å². The monoisotopic (exact) mass is 212 g/mol. The summed E-state index contributed by atoms with van der Waals surface area (Å²) < 4.78 is 4.89. The Balaban J connectivity index is 2.09. The molecule has 0 unspecified atom stereocenters. The fraction of sp³-hybridized carbons (Fsp3) is 0.545. The van der Waals surface area contributed by atoms with E-state index in [1.165, 1.54) is 5.56 Å². The number of thiophene rings is 1. The average Bonchev–Trinajstić information content (AvgIpc) is 2.68. The molecule has 0 amide bonds. The van der Waals surface area contributed by atoms with Gasteiger partial charge in [-0.3, -0.25) is 4.79 Å². The van der Waals surface area contributed by atoms with Gasteiger partial charge >= 0.3 is 0 Å². The zero-order valence-corrected chi connectivity index (χ0v) is 9.31. The van der Waals surface area contributed by atoms with Crippen molar-refractivity contribution in [3.05, 3.63) is 22.4 Å². The largest absolute Gasteiger partial charge is 0.385 e.